The van der Waals surface area contributed by atoms with Crippen LogP contribution in [0.15, 0.2) is 49.2 Å². The molecule has 0 radical (unpaired) electrons. The number of hydrogen-bond acceptors (Lipinski definition) is 4. The smallest absolute Gasteiger partial charge is 0.433 e. The van der Waals surface area contributed by atoms with E-state index in [0.717, 1.165) is 23.9 Å². The van der Waals surface area contributed by atoms with Crippen LogP contribution in [0, 0.1) is 6.92 Å². The maximum atomic E-state index is 12.6. The van der Waals surface area contributed by atoms with Crippen molar-refractivity contribution in [3.63, 3.8) is 0 Å². The highest BCUT2D eigenvalue weighted by molar-refractivity contribution is 6.04. The molecule has 0 spiro atoms. The lowest BCUT2D eigenvalue weighted by Gasteiger charge is -2.10. The summed E-state index contributed by atoms with van der Waals surface area (Å²) in [5.41, 5.74) is 0.870. The van der Waals surface area contributed by atoms with Gasteiger partial charge in [-0.05, 0) is 49.8 Å². The van der Waals surface area contributed by atoms with Gasteiger partial charge in [-0.15, -0.1) is 0 Å². The normalized spacial score (nSPS) is 11.5. The van der Waals surface area contributed by atoms with Crippen molar-refractivity contribution in [2.45, 2.75) is 61.6 Å². The monoisotopic (exact) mass is 518 g/mol. The summed E-state index contributed by atoms with van der Waals surface area (Å²) in [7, 11) is 0. The third-order valence-electron chi connectivity index (χ3n) is 4.43. The molecule has 3 rings (SSSR count). The number of allylic oxidation sites excluding steroid dienone is 1. The first-order valence-corrected chi connectivity index (χ1v) is 12.1. The van der Waals surface area contributed by atoms with Gasteiger partial charge in [0.15, 0.2) is 0 Å². The van der Waals surface area contributed by atoms with Gasteiger partial charge >= 0.3 is 6.18 Å². The van der Waals surface area contributed by atoms with Crippen molar-refractivity contribution in [3.8, 4) is 11.4 Å². The zero-order valence-electron chi connectivity index (χ0n) is 22.7. The maximum absolute atomic E-state index is 12.6. The van der Waals surface area contributed by atoms with Crippen molar-refractivity contribution in [1.82, 2.24) is 15.0 Å². The summed E-state index contributed by atoms with van der Waals surface area (Å²) >= 11 is 0. The predicted octanol–water partition coefficient (Wildman–Crippen LogP) is 6.78. The summed E-state index contributed by atoms with van der Waals surface area (Å²) in [6, 6.07) is 6.93. The Bertz CT molecular complexity index is 1260. The Balaban J connectivity index is 0.00000201. The summed E-state index contributed by atoms with van der Waals surface area (Å²) in [4.78, 5) is 23.3. The lowest BCUT2D eigenvalue weighted by molar-refractivity contribution is -0.141. The number of nitrogens with one attached hydrogen (secondary N) is 2. The fourth-order valence-corrected chi connectivity index (χ4v) is 2.88. The molecule has 3 N–H and O–H groups in total. The summed E-state index contributed by atoms with van der Waals surface area (Å²) < 4.78 is 37.9. The number of aliphatic hydroxyl groups is 1. The van der Waals surface area contributed by atoms with Crippen LogP contribution < -0.4 is 16.0 Å². The van der Waals surface area contributed by atoms with E-state index in [-0.39, 0.29) is 11.3 Å². The average molecular weight is 519 g/mol. The number of aromatic amines is 1. The van der Waals surface area contributed by atoms with E-state index >= 15 is 0 Å². The van der Waals surface area contributed by atoms with Crippen molar-refractivity contribution in [2.24, 2.45) is 0 Å². The third-order valence-corrected chi connectivity index (χ3v) is 4.43. The van der Waals surface area contributed by atoms with Crippen molar-refractivity contribution in [3.05, 3.63) is 76.7 Å². The van der Waals surface area contributed by atoms with Gasteiger partial charge in [-0.2, -0.15) is 13.2 Å². The Kier molecular flexibility index (Phi) is 14.3. The first-order valence-electron chi connectivity index (χ1n) is 12.1. The Morgan fingerprint density at radius 2 is 1.70 bits per heavy atom. The lowest BCUT2D eigenvalue weighted by atomic mass is 10.1. The predicted molar refractivity (Wildman–Crippen MR) is 146 cm³/mol. The van der Waals surface area contributed by atoms with E-state index in [0.29, 0.717) is 27.8 Å². The van der Waals surface area contributed by atoms with Crippen LogP contribution in [-0.4, -0.2) is 26.0 Å². The number of alkyl halides is 3. The number of aliphatic hydroxyl groups excluding tert-OH is 1. The van der Waals surface area contributed by atoms with Crippen LogP contribution in [0.3, 0.4) is 0 Å². The molecule has 0 unspecified atom stereocenters. The van der Waals surface area contributed by atoms with Crippen LogP contribution >= 0.6 is 0 Å². The van der Waals surface area contributed by atoms with Crippen LogP contribution in [0.2, 0.25) is 0 Å². The number of carbonyl (C=O) groups excluding carboxylic acids is 1. The van der Waals surface area contributed by atoms with E-state index in [4.69, 9.17) is 0 Å². The zero-order chi connectivity index (χ0) is 28.8. The molecule has 3 aromatic rings. The van der Waals surface area contributed by atoms with Crippen molar-refractivity contribution in [1.29, 1.82) is 0 Å². The summed E-state index contributed by atoms with van der Waals surface area (Å²) in [6.07, 6.45) is -0.465. The molecule has 0 saturated carbocycles. The topological polar surface area (TPSA) is 90.9 Å². The number of rotatable bonds is 4. The highest BCUT2D eigenvalue weighted by Gasteiger charge is 2.32. The number of aromatic nitrogens is 3. The number of hydrogen-bond donors (Lipinski definition) is 3. The zero-order valence-corrected chi connectivity index (χ0v) is 22.7. The maximum Gasteiger partial charge on any atom is 0.433 e. The van der Waals surface area contributed by atoms with Gasteiger partial charge in [-0.25, -0.2) is 4.98 Å². The van der Waals surface area contributed by atoms with Gasteiger partial charge in [-0.1, -0.05) is 60.3 Å². The average Bonchev–Trinajstić information content (AvgIpc) is 3.32. The van der Waals surface area contributed by atoms with Gasteiger partial charge in [-0.3, -0.25) is 9.78 Å². The quantitative estimate of drug-likeness (QED) is 0.355. The molecular formula is C28H37F3N4O2. The van der Waals surface area contributed by atoms with Crippen LogP contribution in [0.25, 0.3) is 23.2 Å². The number of H-pyrrole nitrogens is 1. The molecule has 1 amide bonds. The molecule has 1 aromatic carbocycles. The summed E-state index contributed by atoms with van der Waals surface area (Å²) in [6.45, 7) is 19.0. The van der Waals surface area contributed by atoms with Gasteiger partial charge in [0.05, 0.1) is 10.9 Å². The van der Waals surface area contributed by atoms with E-state index in [1.165, 1.54) is 6.92 Å². The van der Waals surface area contributed by atoms with E-state index in [1.54, 1.807) is 30.4 Å². The molecule has 0 aliphatic heterocycles. The summed E-state index contributed by atoms with van der Waals surface area (Å²) in [5, 5.41) is 13.5. The number of anilines is 1. The SMILES string of the molecule is C=C/C=c1/[nH]c(-c2cc(NC(=O)c3ccc(C(F)(F)F)nc3)ccc2C)n/c1=C(/C)O.CC.CC.CC. The van der Waals surface area contributed by atoms with Gasteiger partial charge in [0, 0.05) is 17.4 Å². The highest BCUT2D eigenvalue weighted by atomic mass is 19.4. The molecule has 0 saturated heterocycles. The van der Waals surface area contributed by atoms with Crippen molar-refractivity contribution < 1.29 is 23.1 Å². The molecule has 6 nitrogen and oxygen atoms in total. The minimum absolute atomic E-state index is 0.0104. The molecule has 37 heavy (non-hydrogen) atoms. The van der Waals surface area contributed by atoms with Gasteiger partial charge in [0.1, 0.15) is 22.6 Å². The molecule has 9 heteroatoms. The molecular weight excluding hydrogens is 481 g/mol. The number of carbonyl (C=O) groups is 1. The lowest BCUT2D eigenvalue weighted by Crippen LogP contribution is -2.26. The Hall–Kier alpha value is -3.88. The van der Waals surface area contributed by atoms with E-state index in [2.05, 4.69) is 26.8 Å². The first-order chi connectivity index (χ1) is 17.6. The number of halogens is 3. The second-order valence-electron chi connectivity index (χ2n) is 6.75. The first kappa shape index (κ1) is 33.1. The van der Waals surface area contributed by atoms with Crippen LogP contribution in [0.1, 0.15) is 70.1 Å². The number of benzene rings is 1. The fourth-order valence-electron chi connectivity index (χ4n) is 2.88. The van der Waals surface area contributed by atoms with Gasteiger partial charge in [0.2, 0.25) is 0 Å². The van der Waals surface area contributed by atoms with Crippen LogP contribution in [0.5, 0.6) is 0 Å². The number of amides is 1. The molecule has 2 aromatic heterocycles. The van der Waals surface area contributed by atoms with Crippen molar-refractivity contribution in [2.75, 3.05) is 5.32 Å². The van der Waals surface area contributed by atoms with Crippen LogP contribution in [0.4, 0.5) is 18.9 Å². The van der Waals surface area contributed by atoms with Crippen molar-refractivity contribution >= 4 is 23.4 Å². The molecule has 0 fully saturated rings. The molecule has 0 aliphatic carbocycles. The number of nitrogens with zero attached hydrogens (tertiary/aromatic N) is 2. The highest BCUT2D eigenvalue weighted by Crippen LogP contribution is 2.27. The Morgan fingerprint density at radius 3 is 2.19 bits per heavy atom. The number of pyridine rings is 1. The molecule has 0 atom stereocenters. The van der Waals surface area contributed by atoms with Crippen LogP contribution in [-0.2, 0) is 6.18 Å². The molecule has 0 aliphatic rings. The van der Waals surface area contributed by atoms with E-state index in [1.807, 2.05) is 48.5 Å². The Morgan fingerprint density at radius 1 is 1.08 bits per heavy atom. The third kappa shape index (κ3) is 9.25. The van der Waals surface area contributed by atoms with Gasteiger partial charge < -0.3 is 15.4 Å². The second-order valence-corrected chi connectivity index (χ2v) is 6.75. The largest absolute Gasteiger partial charge is 0.510 e. The second kappa shape index (κ2) is 16.0. The minimum atomic E-state index is -4.57. The number of imidazole rings is 1. The Labute approximate surface area is 216 Å². The van der Waals surface area contributed by atoms with Gasteiger partial charge in [0.25, 0.3) is 5.91 Å². The minimum Gasteiger partial charge on any atom is -0.510 e. The molecule has 0 bridgehead atoms. The van der Waals surface area contributed by atoms with E-state index in [9.17, 15) is 23.1 Å². The summed E-state index contributed by atoms with van der Waals surface area (Å²) in [5.74, 6) is -0.0924. The molecule has 2 heterocycles. The molecule has 202 valence electrons. The standard InChI is InChI=1S/C22H19F3N4O2.3C2H6/c1-4-5-17-19(13(3)30)29-20(28-17)16-10-15(8-6-12(16)2)27-21(31)14-7-9-18(26-11-14)22(23,24)25;3*1-2/h4-11,30H,1H2,2-3H3,(H,27,31)(H,28,29);3*1-2H3/b17-5+,19-13-;;;. The van der Waals surface area contributed by atoms with E-state index < -0.39 is 17.8 Å². The number of aryl methyl sites for hydroxylation is 1. The fraction of sp³-hybridized carbons (Fsp3) is 0.321.